The van der Waals surface area contributed by atoms with E-state index in [9.17, 15) is 14.4 Å². The molecule has 0 saturated carbocycles. The van der Waals surface area contributed by atoms with Gasteiger partial charge in [0.2, 0.25) is 11.8 Å². The normalized spacial score (nSPS) is 15.0. The first-order valence-electron chi connectivity index (χ1n) is 9.22. The molecule has 3 amide bonds. The van der Waals surface area contributed by atoms with Crippen LogP contribution in [0.2, 0.25) is 0 Å². The van der Waals surface area contributed by atoms with E-state index in [1.54, 1.807) is 30.0 Å². The topological polar surface area (TPSA) is 79.0 Å². The summed E-state index contributed by atoms with van der Waals surface area (Å²) in [6.45, 7) is 2.50. The quantitative estimate of drug-likeness (QED) is 0.876. The molecule has 2 aromatic rings. The smallest absolute Gasteiger partial charge is 0.265 e. The lowest BCUT2D eigenvalue weighted by Gasteiger charge is -2.28. The second-order valence-corrected chi connectivity index (χ2v) is 6.90. The Balaban J connectivity index is 1.39. The Kier molecular flexibility index (Phi) is 4.73. The van der Waals surface area contributed by atoms with Gasteiger partial charge in [-0.15, -0.1) is 0 Å². The summed E-state index contributed by atoms with van der Waals surface area (Å²) in [5.41, 5.74) is 3.62. The zero-order valence-electron chi connectivity index (χ0n) is 15.6. The fraction of sp³-hybridized carbons (Fsp3) is 0.286. The van der Waals surface area contributed by atoms with E-state index >= 15 is 0 Å². The number of carbonyl (C=O) groups excluding carboxylic acids is 3. The summed E-state index contributed by atoms with van der Waals surface area (Å²) in [6, 6.07) is 13.0. The maximum atomic E-state index is 12.4. The Bertz CT molecular complexity index is 956. The van der Waals surface area contributed by atoms with Crippen molar-refractivity contribution in [3.8, 4) is 5.75 Å². The van der Waals surface area contributed by atoms with E-state index in [4.69, 9.17) is 4.74 Å². The monoisotopic (exact) mass is 379 g/mol. The number of rotatable bonds is 4. The lowest BCUT2D eigenvalue weighted by molar-refractivity contribution is -0.125. The van der Waals surface area contributed by atoms with Gasteiger partial charge >= 0.3 is 0 Å². The number of anilines is 2. The van der Waals surface area contributed by atoms with E-state index in [1.165, 1.54) is 4.90 Å². The molecule has 0 atom stereocenters. The van der Waals surface area contributed by atoms with Gasteiger partial charge in [-0.25, -0.2) is 0 Å². The van der Waals surface area contributed by atoms with Crippen molar-refractivity contribution >= 4 is 29.1 Å². The number of hydrogen-bond donors (Lipinski definition) is 1. The molecule has 0 spiro atoms. The predicted octanol–water partition coefficient (Wildman–Crippen LogP) is 1.64. The molecule has 0 fully saturated rings. The molecular formula is C21H21N3O4. The van der Waals surface area contributed by atoms with Crippen LogP contribution in [0, 0.1) is 0 Å². The van der Waals surface area contributed by atoms with Gasteiger partial charge in [0.1, 0.15) is 12.3 Å². The number of hydrogen-bond acceptors (Lipinski definition) is 4. The third-order valence-electron chi connectivity index (χ3n) is 5.02. The minimum absolute atomic E-state index is 0.0373. The van der Waals surface area contributed by atoms with Gasteiger partial charge in [-0.1, -0.05) is 24.3 Å². The first-order valence-corrected chi connectivity index (χ1v) is 9.22. The molecular weight excluding hydrogens is 358 g/mol. The zero-order valence-corrected chi connectivity index (χ0v) is 15.6. The second-order valence-electron chi connectivity index (χ2n) is 6.90. The fourth-order valence-electron chi connectivity index (χ4n) is 3.62. The molecule has 4 rings (SSSR count). The summed E-state index contributed by atoms with van der Waals surface area (Å²) >= 11 is 0. The number of fused-ring (bicyclic) bond motifs is 2. The van der Waals surface area contributed by atoms with Crippen molar-refractivity contribution in [2.75, 3.05) is 29.5 Å². The van der Waals surface area contributed by atoms with Gasteiger partial charge < -0.3 is 15.0 Å². The standard InChI is InChI=1S/C21H21N3O4/c1-14(25)23-9-8-16-10-15(6-7-17(16)23)11-22-20(26)12-24-18-4-2-3-5-19(18)28-13-21(24)27/h2-7,10H,8-9,11-13H2,1H3,(H,22,26). The predicted molar refractivity (Wildman–Crippen MR) is 104 cm³/mol. The van der Waals surface area contributed by atoms with Crippen LogP contribution in [0.4, 0.5) is 11.4 Å². The molecule has 1 N–H and O–H groups in total. The van der Waals surface area contributed by atoms with E-state index in [0.717, 1.165) is 23.2 Å². The average Bonchev–Trinajstić information content (AvgIpc) is 3.12. The van der Waals surface area contributed by atoms with E-state index in [1.807, 2.05) is 24.3 Å². The van der Waals surface area contributed by atoms with E-state index < -0.39 is 0 Å². The van der Waals surface area contributed by atoms with Crippen molar-refractivity contribution in [1.29, 1.82) is 0 Å². The molecule has 2 aliphatic heterocycles. The van der Waals surface area contributed by atoms with Crippen molar-refractivity contribution < 1.29 is 19.1 Å². The van der Waals surface area contributed by atoms with Gasteiger partial charge in [-0.3, -0.25) is 19.3 Å². The van der Waals surface area contributed by atoms with Crippen molar-refractivity contribution in [3.63, 3.8) is 0 Å². The number of carbonyl (C=O) groups is 3. The second kappa shape index (κ2) is 7.34. The van der Waals surface area contributed by atoms with E-state index in [-0.39, 0.29) is 30.9 Å². The van der Waals surface area contributed by atoms with Crippen molar-refractivity contribution in [2.45, 2.75) is 19.9 Å². The van der Waals surface area contributed by atoms with Gasteiger partial charge in [0.15, 0.2) is 6.61 Å². The summed E-state index contributed by atoms with van der Waals surface area (Å²) in [4.78, 5) is 39.4. The summed E-state index contributed by atoms with van der Waals surface area (Å²) in [5, 5.41) is 2.87. The first kappa shape index (κ1) is 18.0. The van der Waals surface area contributed by atoms with Crippen LogP contribution >= 0.6 is 0 Å². The Labute approximate surface area is 162 Å². The molecule has 0 bridgehead atoms. The summed E-state index contributed by atoms with van der Waals surface area (Å²) in [7, 11) is 0. The van der Waals surface area contributed by atoms with Gasteiger partial charge in [0, 0.05) is 25.7 Å². The maximum absolute atomic E-state index is 12.4. The Morgan fingerprint density at radius 3 is 2.79 bits per heavy atom. The van der Waals surface area contributed by atoms with Crippen LogP contribution in [0.5, 0.6) is 5.75 Å². The molecule has 2 heterocycles. The highest BCUT2D eigenvalue weighted by Gasteiger charge is 2.27. The van der Waals surface area contributed by atoms with Gasteiger partial charge in [-0.2, -0.15) is 0 Å². The van der Waals surface area contributed by atoms with E-state index in [0.29, 0.717) is 24.5 Å². The lowest BCUT2D eigenvalue weighted by Crippen LogP contribution is -2.45. The number of nitrogens with zero attached hydrogens (tertiary/aromatic N) is 2. The van der Waals surface area contributed by atoms with Crippen molar-refractivity contribution in [2.24, 2.45) is 0 Å². The molecule has 0 saturated heterocycles. The molecule has 28 heavy (non-hydrogen) atoms. The molecule has 2 aromatic carbocycles. The molecule has 7 heteroatoms. The van der Waals surface area contributed by atoms with Crippen molar-refractivity contribution in [3.05, 3.63) is 53.6 Å². The van der Waals surface area contributed by atoms with Crippen LogP contribution in [-0.2, 0) is 27.3 Å². The highest BCUT2D eigenvalue weighted by Crippen LogP contribution is 2.31. The lowest BCUT2D eigenvalue weighted by atomic mass is 10.1. The van der Waals surface area contributed by atoms with Gasteiger partial charge in [-0.05, 0) is 35.7 Å². The highest BCUT2D eigenvalue weighted by atomic mass is 16.5. The van der Waals surface area contributed by atoms with E-state index in [2.05, 4.69) is 5.32 Å². The van der Waals surface area contributed by atoms with Gasteiger partial charge in [0.05, 0.1) is 5.69 Å². The number of ether oxygens (including phenoxy) is 1. The van der Waals surface area contributed by atoms with Crippen LogP contribution in [0.1, 0.15) is 18.1 Å². The molecule has 7 nitrogen and oxygen atoms in total. The number of amides is 3. The van der Waals surface area contributed by atoms with Crippen LogP contribution in [-0.4, -0.2) is 37.4 Å². The number of benzene rings is 2. The molecule has 0 unspecified atom stereocenters. The maximum Gasteiger partial charge on any atom is 0.265 e. The molecule has 0 radical (unpaired) electrons. The third-order valence-corrected chi connectivity index (χ3v) is 5.02. The Morgan fingerprint density at radius 2 is 1.96 bits per heavy atom. The molecule has 144 valence electrons. The highest BCUT2D eigenvalue weighted by molar-refractivity contribution is 6.02. The average molecular weight is 379 g/mol. The minimum Gasteiger partial charge on any atom is -0.482 e. The summed E-state index contributed by atoms with van der Waals surface area (Å²) < 4.78 is 5.39. The molecule has 2 aliphatic rings. The van der Waals surface area contributed by atoms with Crippen LogP contribution in [0.15, 0.2) is 42.5 Å². The number of para-hydroxylation sites is 2. The minimum atomic E-state index is -0.240. The van der Waals surface area contributed by atoms with Crippen LogP contribution < -0.4 is 19.9 Å². The summed E-state index contributed by atoms with van der Waals surface area (Å²) in [6.07, 6.45) is 0.815. The number of nitrogens with one attached hydrogen (secondary N) is 1. The fourth-order valence-corrected chi connectivity index (χ4v) is 3.62. The Hall–Kier alpha value is -3.35. The SMILES string of the molecule is CC(=O)N1CCc2cc(CNC(=O)CN3C(=O)COc4ccccc43)ccc21. The van der Waals surface area contributed by atoms with Crippen molar-refractivity contribution in [1.82, 2.24) is 5.32 Å². The summed E-state index contributed by atoms with van der Waals surface area (Å²) in [5.74, 6) is 0.158. The first-order chi connectivity index (χ1) is 13.5. The molecule has 0 aromatic heterocycles. The third kappa shape index (κ3) is 3.43. The molecule has 0 aliphatic carbocycles. The van der Waals surface area contributed by atoms with Crippen LogP contribution in [0.25, 0.3) is 0 Å². The van der Waals surface area contributed by atoms with Gasteiger partial charge in [0.25, 0.3) is 5.91 Å². The van der Waals surface area contributed by atoms with Crippen LogP contribution in [0.3, 0.4) is 0 Å². The zero-order chi connectivity index (χ0) is 19.7. The Morgan fingerprint density at radius 1 is 1.14 bits per heavy atom. The largest absolute Gasteiger partial charge is 0.482 e.